The zero-order valence-electron chi connectivity index (χ0n) is 43.8. The number of allylic oxidation sites excluding steroid dienone is 2. The molecule has 2 aliphatic heterocycles. The molecular formula is C55H102O15. The van der Waals surface area contributed by atoms with Gasteiger partial charge in [0.25, 0.3) is 0 Å². The molecule has 0 aliphatic carbocycles. The van der Waals surface area contributed by atoms with Gasteiger partial charge in [0, 0.05) is 12.8 Å². The molecule has 2 fully saturated rings. The molecule has 2 rings (SSSR count). The average Bonchev–Trinajstić information content (AvgIpc) is 3.35. The number of aliphatic hydroxyl groups excluding tert-OH is 7. The van der Waals surface area contributed by atoms with Crippen molar-refractivity contribution in [3.05, 3.63) is 12.2 Å². The molecule has 412 valence electrons. The highest BCUT2D eigenvalue weighted by molar-refractivity contribution is 5.70. The van der Waals surface area contributed by atoms with E-state index in [0.29, 0.717) is 12.8 Å². The van der Waals surface area contributed by atoms with Gasteiger partial charge >= 0.3 is 11.9 Å². The third-order valence-corrected chi connectivity index (χ3v) is 13.7. The summed E-state index contributed by atoms with van der Waals surface area (Å²) in [4.78, 5) is 25.8. The van der Waals surface area contributed by atoms with Crippen LogP contribution in [-0.4, -0.2) is 142 Å². The van der Waals surface area contributed by atoms with Crippen molar-refractivity contribution < 1.29 is 73.8 Å². The highest BCUT2D eigenvalue weighted by Crippen LogP contribution is 2.27. The summed E-state index contributed by atoms with van der Waals surface area (Å²) < 4.78 is 33.6. The number of rotatable bonds is 45. The third-order valence-electron chi connectivity index (χ3n) is 13.7. The summed E-state index contributed by atoms with van der Waals surface area (Å²) in [6.45, 7) is 2.61. The van der Waals surface area contributed by atoms with Crippen molar-refractivity contribution in [1.82, 2.24) is 0 Å². The van der Waals surface area contributed by atoms with Crippen molar-refractivity contribution in [2.24, 2.45) is 0 Å². The first-order valence-electron chi connectivity index (χ1n) is 28.3. The SMILES string of the molecule is CCCCCC/C=C/CCCCCCCC(=O)OC[C@H](CO[C@H]1O[C@@H](CO[C@H]2O[C@@H](CO)[C@@H](O)C(O)C2O)[C@@H](O)C(O)C1O)OC(=O)CCCCCCCCCCCCCCCCCCCCCCC. The minimum Gasteiger partial charge on any atom is -0.462 e. The number of ether oxygens (including phenoxy) is 6. The van der Waals surface area contributed by atoms with Crippen LogP contribution in [0, 0.1) is 0 Å². The van der Waals surface area contributed by atoms with Gasteiger partial charge in [-0.05, 0) is 38.5 Å². The fourth-order valence-corrected chi connectivity index (χ4v) is 9.10. The van der Waals surface area contributed by atoms with Gasteiger partial charge in [0.2, 0.25) is 0 Å². The Morgan fingerprint density at radius 3 is 1.27 bits per heavy atom. The standard InChI is InChI=1S/C55H102O15/c1-3-5-7-9-11-13-15-17-18-19-20-21-22-23-24-26-28-30-32-34-36-38-47(58)68-43(40-65-46(57)37-35-33-31-29-27-25-16-14-12-10-8-6-4-2)41-66-54-53(64)51(62)49(60)45(70-54)42-67-55-52(63)50(61)48(59)44(39-56)69-55/h14,16,43-45,48-56,59-64H,3-13,15,17-42H2,1-2H3/b16-14+/t43-,44+,45+,48-,49-,50?,51?,52?,53?,54+,55+/m1/s1. The van der Waals surface area contributed by atoms with Crippen LogP contribution in [0.2, 0.25) is 0 Å². The van der Waals surface area contributed by atoms with Crippen LogP contribution in [0.15, 0.2) is 12.2 Å². The number of hydrogen-bond acceptors (Lipinski definition) is 15. The van der Waals surface area contributed by atoms with E-state index in [2.05, 4.69) is 26.0 Å². The molecule has 0 saturated carbocycles. The molecule has 0 amide bonds. The maximum Gasteiger partial charge on any atom is 0.306 e. The minimum absolute atomic E-state index is 0.170. The molecule has 0 aromatic carbocycles. The molecule has 70 heavy (non-hydrogen) atoms. The van der Waals surface area contributed by atoms with Crippen molar-refractivity contribution >= 4 is 11.9 Å². The van der Waals surface area contributed by atoms with Gasteiger partial charge < -0.3 is 64.2 Å². The molecule has 0 radical (unpaired) electrons. The van der Waals surface area contributed by atoms with E-state index < -0.39 is 92.7 Å². The number of aliphatic hydroxyl groups is 7. The monoisotopic (exact) mass is 1000 g/mol. The van der Waals surface area contributed by atoms with Crippen molar-refractivity contribution in [3.8, 4) is 0 Å². The predicted octanol–water partition coefficient (Wildman–Crippen LogP) is 8.94. The van der Waals surface area contributed by atoms with Crippen molar-refractivity contribution in [2.75, 3.05) is 26.4 Å². The Kier molecular flexibility index (Phi) is 39.1. The second kappa shape index (κ2) is 42.6. The van der Waals surface area contributed by atoms with E-state index in [-0.39, 0.29) is 26.1 Å². The van der Waals surface area contributed by atoms with Crippen molar-refractivity contribution in [1.29, 1.82) is 0 Å². The zero-order chi connectivity index (χ0) is 51.0. The van der Waals surface area contributed by atoms with Crippen LogP contribution in [0.5, 0.6) is 0 Å². The molecule has 0 spiro atoms. The molecule has 15 heteroatoms. The summed E-state index contributed by atoms with van der Waals surface area (Å²) in [7, 11) is 0. The van der Waals surface area contributed by atoms with Crippen LogP contribution in [-0.2, 0) is 38.0 Å². The smallest absolute Gasteiger partial charge is 0.306 e. The molecule has 2 saturated heterocycles. The van der Waals surface area contributed by atoms with Crippen LogP contribution in [0.25, 0.3) is 0 Å². The number of carbonyl (C=O) groups is 2. The Hall–Kier alpha value is -1.76. The Bertz CT molecular complexity index is 1270. The van der Waals surface area contributed by atoms with Gasteiger partial charge in [0.1, 0.15) is 55.4 Å². The summed E-state index contributed by atoms with van der Waals surface area (Å²) in [6.07, 6.45) is 26.7. The molecule has 0 aromatic rings. The van der Waals surface area contributed by atoms with Gasteiger partial charge in [-0.1, -0.05) is 193 Å². The van der Waals surface area contributed by atoms with Gasteiger partial charge in [-0.15, -0.1) is 0 Å². The first-order chi connectivity index (χ1) is 34.0. The molecule has 11 atom stereocenters. The van der Waals surface area contributed by atoms with Gasteiger partial charge in [-0.3, -0.25) is 9.59 Å². The highest BCUT2D eigenvalue weighted by atomic mass is 16.7. The normalized spacial score (nSPS) is 25.4. The van der Waals surface area contributed by atoms with E-state index in [1.807, 2.05) is 0 Å². The topological polar surface area (TPSA) is 231 Å². The summed E-state index contributed by atoms with van der Waals surface area (Å²) in [6, 6.07) is 0. The Balaban J connectivity index is 1.75. The molecule has 4 unspecified atom stereocenters. The highest BCUT2D eigenvalue weighted by Gasteiger charge is 2.47. The Labute approximate surface area is 422 Å². The summed E-state index contributed by atoms with van der Waals surface area (Å²) in [5.41, 5.74) is 0. The maximum absolute atomic E-state index is 13.0. The van der Waals surface area contributed by atoms with Crippen LogP contribution in [0.4, 0.5) is 0 Å². The lowest BCUT2D eigenvalue weighted by Crippen LogP contribution is -2.61. The minimum atomic E-state index is -1.76. The lowest BCUT2D eigenvalue weighted by molar-refractivity contribution is -0.332. The fraction of sp³-hybridized carbons (Fsp3) is 0.927. The van der Waals surface area contributed by atoms with Gasteiger partial charge in [0.15, 0.2) is 18.7 Å². The lowest BCUT2D eigenvalue weighted by atomic mass is 9.98. The number of unbranched alkanes of at least 4 members (excludes halogenated alkanes) is 29. The van der Waals surface area contributed by atoms with Gasteiger partial charge in [-0.2, -0.15) is 0 Å². The van der Waals surface area contributed by atoms with Crippen molar-refractivity contribution in [2.45, 2.75) is 300 Å². The van der Waals surface area contributed by atoms with Crippen LogP contribution < -0.4 is 0 Å². The number of carbonyl (C=O) groups excluding carboxylic acids is 2. The van der Waals surface area contributed by atoms with Gasteiger partial charge in [-0.25, -0.2) is 0 Å². The molecule has 15 nitrogen and oxygen atoms in total. The van der Waals surface area contributed by atoms with Crippen LogP contribution in [0.3, 0.4) is 0 Å². The Morgan fingerprint density at radius 1 is 0.443 bits per heavy atom. The third kappa shape index (κ3) is 29.8. The molecular weight excluding hydrogens is 901 g/mol. The zero-order valence-corrected chi connectivity index (χ0v) is 43.8. The second-order valence-electron chi connectivity index (χ2n) is 20.1. The first-order valence-corrected chi connectivity index (χ1v) is 28.3. The molecule has 2 aliphatic rings. The van der Waals surface area contributed by atoms with E-state index in [9.17, 15) is 45.3 Å². The molecule has 0 bridgehead atoms. The largest absolute Gasteiger partial charge is 0.462 e. The second-order valence-corrected chi connectivity index (χ2v) is 20.1. The Morgan fingerprint density at radius 2 is 0.814 bits per heavy atom. The van der Waals surface area contributed by atoms with Crippen LogP contribution >= 0.6 is 0 Å². The summed E-state index contributed by atoms with van der Waals surface area (Å²) >= 11 is 0. The van der Waals surface area contributed by atoms with E-state index in [1.54, 1.807) is 0 Å². The van der Waals surface area contributed by atoms with E-state index in [0.717, 1.165) is 57.8 Å². The summed E-state index contributed by atoms with van der Waals surface area (Å²) in [5, 5.41) is 72.2. The van der Waals surface area contributed by atoms with E-state index in [4.69, 9.17) is 28.4 Å². The van der Waals surface area contributed by atoms with Gasteiger partial charge in [0.05, 0.1) is 19.8 Å². The lowest BCUT2D eigenvalue weighted by Gasteiger charge is -2.42. The molecule has 2 heterocycles. The maximum atomic E-state index is 13.0. The average molecular weight is 1000 g/mol. The molecule has 7 N–H and O–H groups in total. The quantitative estimate of drug-likeness (QED) is 0.0172. The van der Waals surface area contributed by atoms with E-state index >= 15 is 0 Å². The predicted molar refractivity (Wildman–Crippen MR) is 271 cm³/mol. The van der Waals surface area contributed by atoms with Crippen LogP contribution in [0.1, 0.15) is 232 Å². The summed E-state index contributed by atoms with van der Waals surface area (Å²) in [5.74, 6) is -0.922. The first kappa shape index (κ1) is 64.4. The number of esters is 2. The van der Waals surface area contributed by atoms with E-state index in [1.165, 1.54) is 135 Å². The number of hydrogen-bond donors (Lipinski definition) is 7. The molecule has 0 aromatic heterocycles. The fourth-order valence-electron chi connectivity index (χ4n) is 9.10. The van der Waals surface area contributed by atoms with Crippen molar-refractivity contribution in [3.63, 3.8) is 0 Å².